The lowest BCUT2D eigenvalue weighted by molar-refractivity contribution is 0.265. The van der Waals surface area contributed by atoms with Crippen LogP contribution in [0.15, 0.2) is 4.99 Å². The van der Waals surface area contributed by atoms with Crippen molar-refractivity contribution in [3.8, 4) is 0 Å². The monoisotopic (exact) mass is 451 g/mol. The molecule has 0 amide bonds. The number of hydrogen-bond acceptors (Lipinski definition) is 3. The molecule has 0 aromatic heterocycles. The van der Waals surface area contributed by atoms with E-state index in [0.29, 0.717) is 18.0 Å². The zero-order valence-corrected chi connectivity index (χ0v) is 18.5. The van der Waals surface area contributed by atoms with E-state index in [-0.39, 0.29) is 24.0 Å². The fourth-order valence-electron chi connectivity index (χ4n) is 3.82. The van der Waals surface area contributed by atoms with Gasteiger partial charge in [-0.2, -0.15) is 0 Å². The van der Waals surface area contributed by atoms with Crippen LogP contribution in [-0.4, -0.2) is 74.2 Å². The van der Waals surface area contributed by atoms with Gasteiger partial charge in [-0.3, -0.25) is 9.89 Å². The molecule has 2 saturated heterocycles. The van der Waals surface area contributed by atoms with Crippen LogP contribution in [0.25, 0.3) is 0 Å². The Balaban J connectivity index is 0.00000288. The number of halogens is 1. The highest BCUT2D eigenvalue weighted by Crippen LogP contribution is 2.19. The van der Waals surface area contributed by atoms with Crippen LogP contribution < -0.4 is 10.6 Å². The minimum Gasteiger partial charge on any atom is -0.356 e. The lowest BCUT2D eigenvalue weighted by Gasteiger charge is -2.22. The number of nitrogens with one attached hydrogen (secondary N) is 2. The molecule has 0 saturated carbocycles. The van der Waals surface area contributed by atoms with Gasteiger partial charge in [-0.05, 0) is 51.6 Å². The van der Waals surface area contributed by atoms with E-state index in [1.807, 2.05) is 7.05 Å². The van der Waals surface area contributed by atoms with Crippen molar-refractivity contribution < 1.29 is 0 Å². The highest BCUT2D eigenvalue weighted by atomic mass is 127. The quantitative estimate of drug-likeness (QED) is 0.369. The van der Waals surface area contributed by atoms with Gasteiger partial charge in [-0.15, -0.1) is 24.0 Å². The van der Waals surface area contributed by atoms with Crippen LogP contribution in [0.4, 0.5) is 0 Å². The van der Waals surface area contributed by atoms with E-state index in [4.69, 9.17) is 0 Å². The van der Waals surface area contributed by atoms with Crippen LogP contribution in [0.5, 0.6) is 0 Å². The SMILES string of the molecule is CCCN1CCC(CNC(=NC)NC2CN(C(C)C)CC2C)C1.I. The second-order valence-corrected chi connectivity index (χ2v) is 7.68. The third-order valence-electron chi connectivity index (χ3n) is 5.38. The smallest absolute Gasteiger partial charge is 0.191 e. The van der Waals surface area contributed by atoms with E-state index in [2.05, 4.69) is 53.1 Å². The van der Waals surface area contributed by atoms with Gasteiger partial charge < -0.3 is 15.5 Å². The first-order valence-corrected chi connectivity index (χ1v) is 9.47. The topological polar surface area (TPSA) is 42.9 Å². The molecule has 2 heterocycles. The zero-order valence-electron chi connectivity index (χ0n) is 16.2. The van der Waals surface area contributed by atoms with E-state index in [0.717, 1.165) is 25.0 Å². The van der Waals surface area contributed by atoms with E-state index in [1.165, 1.54) is 39.0 Å². The lowest BCUT2D eigenvalue weighted by Crippen LogP contribution is -2.48. The Kier molecular flexibility index (Phi) is 9.89. The molecule has 3 atom stereocenters. The highest BCUT2D eigenvalue weighted by Gasteiger charge is 2.31. The Hall–Kier alpha value is -0.0800. The molecule has 0 radical (unpaired) electrons. The van der Waals surface area contributed by atoms with Crippen molar-refractivity contribution in [1.82, 2.24) is 20.4 Å². The van der Waals surface area contributed by atoms with Crippen molar-refractivity contribution in [2.45, 2.75) is 52.6 Å². The van der Waals surface area contributed by atoms with Crippen LogP contribution in [0.2, 0.25) is 0 Å². The van der Waals surface area contributed by atoms with Gasteiger partial charge >= 0.3 is 0 Å². The molecule has 2 N–H and O–H groups in total. The Morgan fingerprint density at radius 3 is 2.58 bits per heavy atom. The Morgan fingerprint density at radius 2 is 2.00 bits per heavy atom. The summed E-state index contributed by atoms with van der Waals surface area (Å²) in [5, 5.41) is 7.20. The van der Waals surface area contributed by atoms with Gasteiger partial charge in [0.15, 0.2) is 5.96 Å². The maximum absolute atomic E-state index is 4.43. The fourth-order valence-corrected chi connectivity index (χ4v) is 3.82. The van der Waals surface area contributed by atoms with E-state index in [1.54, 1.807) is 0 Å². The number of hydrogen-bond donors (Lipinski definition) is 2. The molecule has 5 nitrogen and oxygen atoms in total. The Labute approximate surface area is 166 Å². The molecule has 24 heavy (non-hydrogen) atoms. The van der Waals surface area contributed by atoms with Crippen LogP contribution >= 0.6 is 24.0 Å². The molecule has 0 aromatic carbocycles. The summed E-state index contributed by atoms with van der Waals surface area (Å²) >= 11 is 0. The largest absolute Gasteiger partial charge is 0.356 e. The minimum atomic E-state index is 0. The zero-order chi connectivity index (χ0) is 16.8. The van der Waals surface area contributed by atoms with Crippen LogP contribution in [0.1, 0.15) is 40.5 Å². The molecule has 2 fully saturated rings. The van der Waals surface area contributed by atoms with Crippen molar-refractivity contribution in [2.75, 3.05) is 46.3 Å². The second-order valence-electron chi connectivity index (χ2n) is 7.68. The van der Waals surface area contributed by atoms with Crippen molar-refractivity contribution in [3.05, 3.63) is 0 Å². The predicted molar refractivity (Wildman–Crippen MR) is 114 cm³/mol. The first kappa shape index (κ1) is 22.0. The van der Waals surface area contributed by atoms with Crippen LogP contribution in [0.3, 0.4) is 0 Å². The van der Waals surface area contributed by atoms with E-state index in [9.17, 15) is 0 Å². The molecule has 2 aliphatic heterocycles. The summed E-state index contributed by atoms with van der Waals surface area (Å²) in [5.41, 5.74) is 0. The van der Waals surface area contributed by atoms with Crippen LogP contribution in [0, 0.1) is 11.8 Å². The van der Waals surface area contributed by atoms with Gasteiger partial charge in [0.25, 0.3) is 0 Å². The van der Waals surface area contributed by atoms with Gasteiger partial charge in [0.2, 0.25) is 0 Å². The van der Waals surface area contributed by atoms with Gasteiger partial charge in [0.1, 0.15) is 0 Å². The van der Waals surface area contributed by atoms with Gasteiger partial charge in [-0.25, -0.2) is 0 Å². The summed E-state index contributed by atoms with van der Waals surface area (Å²) in [5.74, 6) is 2.40. The molecule has 2 aliphatic rings. The van der Waals surface area contributed by atoms with Crippen molar-refractivity contribution in [3.63, 3.8) is 0 Å². The van der Waals surface area contributed by atoms with Gasteiger partial charge in [-0.1, -0.05) is 13.8 Å². The van der Waals surface area contributed by atoms with Gasteiger partial charge in [0.05, 0.1) is 0 Å². The van der Waals surface area contributed by atoms with Crippen molar-refractivity contribution in [2.24, 2.45) is 16.8 Å². The third-order valence-corrected chi connectivity index (χ3v) is 5.38. The Bertz CT molecular complexity index is 388. The van der Waals surface area contributed by atoms with Crippen molar-refractivity contribution in [1.29, 1.82) is 0 Å². The summed E-state index contributed by atoms with van der Waals surface area (Å²) in [6, 6.07) is 1.13. The number of guanidine groups is 1. The summed E-state index contributed by atoms with van der Waals surface area (Å²) in [4.78, 5) is 9.57. The molecule has 0 bridgehead atoms. The number of aliphatic imine (C=N–C) groups is 1. The standard InChI is InChI=1S/C18H37N5.HI/c1-6-8-22-9-7-16(12-22)10-20-18(19-5)21-17-13-23(14(2)3)11-15(17)4;/h14-17H,6-13H2,1-5H3,(H2,19,20,21);1H. The summed E-state index contributed by atoms with van der Waals surface area (Å²) in [7, 11) is 1.88. The first-order chi connectivity index (χ1) is 11.0. The number of rotatable bonds is 6. The first-order valence-electron chi connectivity index (χ1n) is 9.47. The molecule has 0 spiro atoms. The normalized spacial score (nSPS) is 29.1. The maximum Gasteiger partial charge on any atom is 0.191 e. The maximum atomic E-state index is 4.43. The average molecular weight is 451 g/mol. The molecule has 6 heteroatoms. The van der Waals surface area contributed by atoms with Crippen molar-refractivity contribution >= 4 is 29.9 Å². The van der Waals surface area contributed by atoms with E-state index >= 15 is 0 Å². The molecular formula is C18H38IN5. The fraction of sp³-hybridized carbons (Fsp3) is 0.944. The molecule has 0 aromatic rings. The summed E-state index contributed by atoms with van der Waals surface area (Å²) < 4.78 is 0. The second kappa shape index (κ2) is 10.8. The number of likely N-dealkylation sites (tertiary alicyclic amines) is 2. The minimum absolute atomic E-state index is 0. The molecular weight excluding hydrogens is 413 g/mol. The summed E-state index contributed by atoms with van der Waals surface area (Å²) in [6.45, 7) is 16.2. The predicted octanol–water partition coefficient (Wildman–Crippen LogP) is 2.23. The molecule has 2 rings (SSSR count). The number of nitrogens with zero attached hydrogens (tertiary/aromatic N) is 3. The lowest BCUT2D eigenvalue weighted by atomic mass is 10.1. The average Bonchev–Trinajstić information content (AvgIpc) is 3.11. The van der Waals surface area contributed by atoms with Crippen LogP contribution in [-0.2, 0) is 0 Å². The van der Waals surface area contributed by atoms with Gasteiger partial charge in [0, 0.05) is 45.3 Å². The molecule has 0 aliphatic carbocycles. The molecule has 3 unspecified atom stereocenters. The highest BCUT2D eigenvalue weighted by molar-refractivity contribution is 14.0. The molecule has 142 valence electrons. The summed E-state index contributed by atoms with van der Waals surface area (Å²) in [6.07, 6.45) is 2.57. The third kappa shape index (κ3) is 6.33. The Morgan fingerprint density at radius 1 is 1.25 bits per heavy atom. The van der Waals surface area contributed by atoms with E-state index < -0.39 is 0 Å².